The van der Waals surface area contributed by atoms with E-state index in [2.05, 4.69) is 0 Å². The minimum Gasteiger partial charge on any atom is -0.333 e. The van der Waals surface area contributed by atoms with E-state index in [1.165, 1.54) is 6.42 Å². The van der Waals surface area contributed by atoms with Crippen molar-refractivity contribution in [1.82, 2.24) is 0 Å². The molecule has 0 aliphatic heterocycles. The molecular formula is C11H19EuO2-. The largest absolute Gasteiger partial charge is 0.333 e. The van der Waals surface area contributed by atoms with Crippen LogP contribution in [0.15, 0.2) is 0 Å². The number of rotatable bonds is 2. The van der Waals surface area contributed by atoms with Crippen molar-refractivity contribution in [2.45, 2.75) is 41.5 Å². The Morgan fingerprint density at radius 2 is 1.00 bits per heavy atom. The van der Waals surface area contributed by atoms with E-state index < -0.39 is 10.8 Å². The van der Waals surface area contributed by atoms with Crippen molar-refractivity contribution in [2.24, 2.45) is 10.8 Å². The Hall–Kier alpha value is 0.794. The van der Waals surface area contributed by atoms with Gasteiger partial charge in [0.05, 0.1) is 0 Å². The Labute approximate surface area is 128 Å². The predicted octanol–water partition coefficient (Wildman–Crippen LogP) is 2.42. The van der Waals surface area contributed by atoms with Crippen molar-refractivity contribution in [2.75, 3.05) is 0 Å². The topological polar surface area (TPSA) is 34.1 Å². The maximum atomic E-state index is 11.4. The van der Waals surface area contributed by atoms with E-state index in [4.69, 9.17) is 0 Å². The van der Waals surface area contributed by atoms with Gasteiger partial charge in [0.1, 0.15) is 0 Å². The Kier molecular flexibility index (Phi) is 7.08. The van der Waals surface area contributed by atoms with E-state index in [1.54, 1.807) is 0 Å². The molecular weight excluding hydrogens is 316 g/mol. The first-order valence-electron chi connectivity index (χ1n) is 4.49. The van der Waals surface area contributed by atoms with Crippen molar-refractivity contribution < 1.29 is 59.0 Å². The van der Waals surface area contributed by atoms with Crippen molar-refractivity contribution in [3.8, 4) is 0 Å². The standard InChI is InChI=1S/C11H19O2.Eu/c1-10(2,3)8(12)7-9(13)11(4,5)6;/h7H,1-6H3;/q-1;. The van der Waals surface area contributed by atoms with Gasteiger partial charge in [-0.15, -0.1) is 0 Å². The fourth-order valence-corrected chi connectivity index (χ4v) is 0.552. The molecule has 0 amide bonds. The normalized spacial score (nSPS) is 11.6. The molecule has 0 unspecified atom stereocenters. The zero-order valence-electron chi connectivity index (χ0n) is 9.77. The smallest absolute Gasteiger partial charge is 0.0107 e. The molecule has 3 heteroatoms. The molecule has 0 fully saturated rings. The van der Waals surface area contributed by atoms with Gasteiger partial charge in [-0.25, -0.2) is 0 Å². The van der Waals surface area contributed by atoms with Crippen LogP contribution in [0.5, 0.6) is 0 Å². The number of ketones is 2. The first kappa shape index (κ1) is 17.2. The first-order chi connectivity index (χ1) is 5.55. The Balaban J connectivity index is 0. The van der Waals surface area contributed by atoms with E-state index >= 15 is 0 Å². The Bertz CT molecular complexity index is 194. The summed E-state index contributed by atoms with van der Waals surface area (Å²) in [5, 5.41) is 0. The molecule has 0 bridgehead atoms. The van der Waals surface area contributed by atoms with E-state index in [-0.39, 0.29) is 60.9 Å². The average molecular weight is 335 g/mol. The summed E-state index contributed by atoms with van der Waals surface area (Å²) in [4.78, 5) is 22.9. The van der Waals surface area contributed by atoms with Crippen molar-refractivity contribution >= 4 is 11.6 Å². The molecule has 0 aliphatic rings. The van der Waals surface area contributed by atoms with Gasteiger partial charge in [0.25, 0.3) is 0 Å². The number of carbonyl (C=O) groups is 2. The average Bonchev–Trinajstić information content (AvgIpc) is 1.82. The molecule has 0 atom stereocenters. The fourth-order valence-electron chi connectivity index (χ4n) is 0.552. The second kappa shape index (κ2) is 5.76. The molecule has 83 valence electrons. The van der Waals surface area contributed by atoms with Gasteiger partial charge in [0.15, 0.2) is 0 Å². The third-order valence-corrected chi connectivity index (χ3v) is 1.74. The first-order valence-corrected chi connectivity index (χ1v) is 4.49. The maximum Gasteiger partial charge on any atom is 0.0107 e. The molecule has 0 saturated heterocycles. The molecule has 0 aromatic carbocycles. The fraction of sp³-hybridized carbons (Fsp3) is 0.727. The van der Waals surface area contributed by atoms with Crippen molar-refractivity contribution in [1.29, 1.82) is 0 Å². The van der Waals surface area contributed by atoms with E-state index in [0.29, 0.717) is 0 Å². The number of Topliss-reactive ketones (excluding diaryl/α,β-unsaturated/α-hetero) is 2. The van der Waals surface area contributed by atoms with Crippen LogP contribution in [0.4, 0.5) is 0 Å². The van der Waals surface area contributed by atoms with Crippen LogP contribution >= 0.6 is 0 Å². The van der Waals surface area contributed by atoms with Gasteiger partial charge in [-0.2, -0.15) is 0 Å². The third-order valence-electron chi connectivity index (χ3n) is 1.74. The van der Waals surface area contributed by atoms with Crippen LogP contribution in [-0.4, -0.2) is 11.6 Å². The minimum absolute atomic E-state index is 0. The molecule has 0 aromatic heterocycles. The van der Waals surface area contributed by atoms with Crippen molar-refractivity contribution in [3.05, 3.63) is 6.42 Å². The van der Waals surface area contributed by atoms with Crippen LogP contribution in [-0.2, 0) is 9.59 Å². The summed E-state index contributed by atoms with van der Waals surface area (Å²) >= 11 is 0. The van der Waals surface area contributed by atoms with Gasteiger partial charge in [-0.1, -0.05) is 41.5 Å². The second-order valence-electron chi connectivity index (χ2n) is 5.37. The summed E-state index contributed by atoms with van der Waals surface area (Å²) in [5.74, 6) is -0.208. The van der Waals surface area contributed by atoms with Crippen LogP contribution in [0.3, 0.4) is 0 Å². The second-order valence-corrected chi connectivity index (χ2v) is 5.37. The number of carbonyl (C=O) groups excluding carboxylic acids is 2. The van der Waals surface area contributed by atoms with Crippen LogP contribution < -0.4 is 0 Å². The number of hydrogen-bond acceptors (Lipinski definition) is 2. The predicted molar refractivity (Wildman–Crippen MR) is 53.2 cm³/mol. The summed E-state index contributed by atoms with van der Waals surface area (Å²) in [6.45, 7) is 10.8. The minimum atomic E-state index is -0.457. The summed E-state index contributed by atoms with van der Waals surface area (Å²) in [7, 11) is 0. The molecule has 2 nitrogen and oxygen atoms in total. The van der Waals surface area contributed by atoms with Gasteiger partial charge in [-0.05, 0) is 10.8 Å². The zero-order valence-corrected chi connectivity index (χ0v) is 12.2. The maximum absolute atomic E-state index is 11.4. The summed E-state index contributed by atoms with van der Waals surface area (Å²) in [6, 6.07) is 0. The summed E-state index contributed by atoms with van der Waals surface area (Å²) < 4.78 is 0. The van der Waals surface area contributed by atoms with E-state index in [0.717, 1.165) is 0 Å². The molecule has 0 saturated carbocycles. The van der Waals surface area contributed by atoms with Crippen LogP contribution in [0.1, 0.15) is 41.5 Å². The molecule has 0 N–H and O–H groups in total. The quantitative estimate of drug-likeness (QED) is 0.574. The van der Waals surface area contributed by atoms with Gasteiger partial charge in [0, 0.05) is 60.9 Å². The van der Waals surface area contributed by atoms with Gasteiger partial charge in [0.2, 0.25) is 0 Å². The summed E-state index contributed by atoms with van der Waals surface area (Å²) in [6.07, 6.45) is 1.22. The third kappa shape index (κ3) is 6.31. The van der Waals surface area contributed by atoms with Crippen LogP contribution in [0, 0.1) is 66.6 Å². The summed E-state index contributed by atoms with van der Waals surface area (Å²) in [5.41, 5.74) is -0.915. The van der Waals surface area contributed by atoms with E-state index in [9.17, 15) is 9.59 Å². The molecule has 0 rings (SSSR count). The molecule has 0 aliphatic carbocycles. The molecule has 14 heavy (non-hydrogen) atoms. The van der Waals surface area contributed by atoms with Crippen LogP contribution in [0.2, 0.25) is 0 Å². The van der Waals surface area contributed by atoms with Crippen LogP contribution in [0.25, 0.3) is 0 Å². The van der Waals surface area contributed by atoms with Gasteiger partial charge in [-0.3, -0.25) is 6.42 Å². The van der Waals surface area contributed by atoms with E-state index in [1.807, 2.05) is 41.5 Å². The molecule has 0 heterocycles. The van der Waals surface area contributed by atoms with Gasteiger partial charge < -0.3 is 9.59 Å². The Morgan fingerprint density at radius 1 is 0.786 bits per heavy atom. The zero-order chi connectivity index (χ0) is 10.9. The SMILES string of the molecule is CC(C)(C)C(=O)[CH-]C(=O)C(C)(C)C.[Eu]. The molecule has 0 spiro atoms. The molecule has 0 aromatic rings. The monoisotopic (exact) mass is 336 g/mol. The Morgan fingerprint density at radius 3 is 1.14 bits per heavy atom. The van der Waals surface area contributed by atoms with Gasteiger partial charge >= 0.3 is 0 Å². The number of hydrogen-bond donors (Lipinski definition) is 0. The molecule has 1 radical (unpaired) electrons. The van der Waals surface area contributed by atoms with Crippen molar-refractivity contribution in [3.63, 3.8) is 0 Å².